The Hall–Kier alpha value is -1.28. The molecule has 78 valence electrons. The smallest absolute Gasteiger partial charge is 0.0518 e. The van der Waals surface area contributed by atoms with Gasteiger partial charge in [0.05, 0.1) is 5.52 Å². The van der Waals surface area contributed by atoms with Crippen molar-refractivity contribution in [2.75, 3.05) is 6.54 Å². The first kappa shape index (κ1) is 8.98. The van der Waals surface area contributed by atoms with Gasteiger partial charge in [-0.2, -0.15) is 0 Å². The van der Waals surface area contributed by atoms with Crippen LogP contribution in [0.4, 0.5) is 0 Å². The van der Waals surface area contributed by atoms with Crippen LogP contribution in [0.25, 0.3) is 10.9 Å². The molecule has 1 aliphatic rings. The van der Waals surface area contributed by atoms with E-state index in [-0.39, 0.29) is 0 Å². The summed E-state index contributed by atoms with van der Waals surface area (Å²) < 4.78 is 2.45. The standard InChI is InChI=1S/C13H16N2/c1-9-11(5-7-14)12-4-2-3-10-6-8-15(9)13(10)12/h2-4H,5-8,14H2,1H3. The van der Waals surface area contributed by atoms with Crippen molar-refractivity contribution in [3.8, 4) is 0 Å². The second kappa shape index (κ2) is 3.11. The van der Waals surface area contributed by atoms with Crippen LogP contribution in [0, 0.1) is 6.92 Å². The largest absolute Gasteiger partial charge is 0.344 e. The maximum Gasteiger partial charge on any atom is 0.0518 e. The van der Waals surface area contributed by atoms with Gasteiger partial charge in [-0.25, -0.2) is 0 Å². The minimum absolute atomic E-state index is 0.740. The number of nitrogens with two attached hydrogens (primary N) is 1. The number of nitrogens with zero attached hydrogens (tertiary/aromatic N) is 1. The van der Waals surface area contributed by atoms with Gasteiger partial charge in [0.25, 0.3) is 0 Å². The first-order chi connectivity index (χ1) is 7.33. The summed E-state index contributed by atoms with van der Waals surface area (Å²) in [5, 5.41) is 1.42. The molecule has 0 saturated carbocycles. The van der Waals surface area contributed by atoms with Crippen LogP contribution in [0.2, 0.25) is 0 Å². The van der Waals surface area contributed by atoms with Crippen molar-refractivity contribution in [3.05, 3.63) is 35.0 Å². The van der Waals surface area contributed by atoms with Gasteiger partial charge in [0, 0.05) is 17.6 Å². The van der Waals surface area contributed by atoms with Gasteiger partial charge in [0.1, 0.15) is 0 Å². The zero-order chi connectivity index (χ0) is 10.4. The van der Waals surface area contributed by atoms with E-state index in [2.05, 4.69) is 29.7 Å². The third-order valence-electron chi connectivity index (χ3n) is 3.56. The zero-order valence-corrected chi connectivity index (χ0v) is 9.09. The Morgan fingerprint density at radius 3 is 3.07 bits per heavy atom. The fourth-order valence-electron chi connectivity index (χ4n) is 2.85. The minimum atomic E-state index is 0.740. The number of aromatic nitrogens is 1. The molecular formula is C13H16N2. The van der Waals surface area contributed by atoms with Crippen LogP contribution >= 0.6 is 0 Å². The van der Waals surface area contributed by atoms with Crippen molar-refractivity contribution in [1.82, 2.24) is 4.57 Å². The lowest BCUT2D eigenvalue weighted by Crippen LogP contribution is -2.05. The summed E-state index contributed by atoms with van der Waals surface area (Å²) >= 11 is 0. The highest BCUT2D eigenvalue weighted by Crippen LogP contribution is 2.33. The van der Waals surface area contributed by atoms with Crippen LogP contribution in [-0.2, 0) is 19.4 Å². The molecule has 0 saturated heterocycles. The first-order valence-corrected chi connectivity index (χ1v) is 5.62. The molecule has 3 rings (SSSR count). The zero-order valence-electron chi connectivity index (χ0n) is 9.09. The number of aryl methyl sites for hydroxylation is 2. The molecule has 0 aliphatic carbocycles. The molecule has 0 fully saturated rings. The van der Waals surface area contributed by atoms with Gasteiger partial charge in [-0.1, -0.05) is 18.2 Å². The molecule has 2 N–H and O–H groups in total. The Bertz CT molecular complexity index is 523. The van der Waals surface area contributed by atoms with E-state index in [1.165, 1.54) is 34.1 Å². The number of benzene rings is 1. The fraction of sp³-hybridized carbons (Fsp3) is 0.385. The van der Waals surface area contributed by atoms with E-state index in [0.717, 1.165) is 19.5 Å². The van der Waals surface area contributed by atoms with Crippen molar-refractivity contribution in [1.29, 1.82) is 0 Å². The van der Waals surface area contributed by atoms with E-state index in [0.29, 0.717) is 0 Å². The van der Waals surface area contributed by atoms with Gasteiger partial charge >= 0.3 is 0 Å². The maximum atomic E-state index is 5.68. The molecule has 2 heteroatoms. The average molecular weight is 200 g/mol. The molecule has 1 aromatic carbocycles. The quantitative estimate of drug-likeness (QED) is 0.790. The molecule has 0 radical (unpaired) electrons. The molecule has 0 bridgehead atoms. The van der Waals surface area contributed by atoms with E-state index in [4.69, 9.17) is 5.73 Å². The second-order valence-electron chi connectivity index (χ2n) is 4.32. The highest BCUT2D eigenvalue weighted by molar-refractivity contribution is 5.89. The van der Waals surface area contributed by atoms with Gasteiger partial charge in [0.15, 0.2) is 0 Å². The average Bonchev–Trinajstić information content (AvgIpc) is 2.78. The maximum absolute atomic E-state index is 5.68. The lowest BCUT2D eigenvalue weighted by molar-refractivity contribution is 0.740. The van der Waals surface area contributed by atoms with E-state index in [1.807, 2.05) is 0 Å². The molecule has 0 amide bonds. The Kier molecular flexibility index (Phi) is 1.86. The normalized spacial score (nSPS) is 14.0. The Morgan fingerprint density at radius 1 is 1.40 bits per heavy atom. The van der Waals surface area contributed by atoms with Crippen LogP contribution in [-0.4, -0.2) is 11.1 Å². The summed E-state index contributed by atoms with van der Waals surface area (Å²) in [7, 11) is 0. The summed E-state index contributed by atoms with van der Waals surface area (Å²) in [5.74, 6) is 0. The van der Waals surface area contributed by atoms with E-state index < -0.39 is 0 Å². The molecule has 1 aromatic heterocycles. The van der Waals surface area contributed by atoms with Crippen molar-refractivity contribution in [3.63, 3.8) is 0 Å². The molecule has 0 spiro atoms. The molecule has 2 heterocycles. The van der Waals surface area contributed by atoms with Gasteiger partial charge in [-0.3, -0.25) is 0 Å². The lowest BCUT2D eigenvalue weighted by atomic mass is 10.0. The first-order valence-electron chi connectivity index (χ1n) is 5.62. The molecule has 0 atom stereocenters. The van der Waals surface area contributed by atoms with Crippen LogP contribution in [0.15, 0.2) is 18.2 Å². The fourth-order valence-corrected chi connectivity index (χ4v) is 2.85. The third kappa shape index (κ3) is 1.08. The lowest BCUT2D eigenvalue weighted by Gasteiger charge is -2.03. The van der Waals surface area contributed by atoms with E-state index in [1.54, 1.807) is 0 Å². The molecule has 15 heavy (non-hydrogen) atoms. The van der Waals surface area contributed by atoms with E-state index >= 15 is 0 Å². The second-order valence-corrected chi connectivity index (χ2v) is 4.32. The Balaban J connectivity index is 2.37. The van der Waals surface area contributed by atoms with E-state index in [9.17, 15) is 0 Å². The van der Waals surface area contributed by atoms with Gasteiger partial charge < -0.3 is 10.3 Å². The molecule has 2 aromatic rings. The summed E-state index contributed by atoms with van der Waals surface area (Å²) in [6.07, 6.45) is 2.19. The van der Waals surface area contributed by atoms with Crippen LogP contribution in [0.1, 0.15) is 16.8 Å². The highest BCUT2D eigenvalue weighted by atomic mass is 15.0. The summed E-state index contributed by atoms with van der Waals surface area (Å²) in [6.45, 7) is 4.11. The number of rotatable bonds is 2. The van der Waals surface area contributed by atoms with Crippen molar-refractivity contribution < 1.29 is 0 Å². The predicted octanol–water partition coefficient (Wildman–Crippen LogP) is 2.01. The topological polar surface area (TPSA) is 30.9 Å². The van der Waals surface area contributed by atoms with Crippen molar-refractivity contribution >= 4 is 10.9 Å². The third-order valence-corrected chi connectivity index (χ3v) is 3.56. The van der Waals surface area contributed by atoms with Crippen molar-refractivity contribution in [2.24, 2.45) is 5.73 Å². The molecule has 2 nitrogen and oxygen atoms in total. The van der Waals surface area contributed by atoms with Crippen LogP contribution < -0.4 is 5.73 Å². The van der Waals surface area contributed by atoms with Crippen LogP contribution in [0.3, 0.4) is 0 Å². The monoisotopic (exact) mass is 200 g/mol. The summed E-state index contributed by atoms with van der Waals surface area (Å²) in [6, 6.07) is 6.66. The number of para-hydroxylation sites is 1. The Morgan fingerprint density at radius 2 is 2.27 bits per heavy atom. The van der Waals surface area contributed by atoms with Gasteiger partial charge in [0.2, 0.25) is 0 Å². The minimum Gasteiger partial charge on any atom is -0.344 e. The number of hydrogen-bond donors (Lipinski definition) is 1. The molecule has 0 unspecified atom stereocenters. The number of hydrogen-bond acceptors (Lipinski definition) is 1. The van der Waals surface area contributed by atoms with Gasteiger partial charge in [-0.05, 0) is 37.4 Å². The predicted molar refractivity (Wildman–Crippen MR) is 63.1 cm³/mol. The van der Waals surface area contributed by atoms with Crippen LogP contribution in [0.5, 0.6) is 0 Å². The van der Waals surface area contributed by atoms with Gasteiger partial charge in [-0.15, -0.1) is 0 Å². The molecular weight excluding hydrogens is 184 g/mol. The summed E-state index contributed by atoms with van der Waals surface area (Å²) in [5.41, 5.74) is 11.5. The van der Waals surface area contributed by atoms with Crippen molar-refractivity contribution in [2.45, 2.75) is 26.3 Å². The summed E-state index contributed by atoms with van der Waals surface area (Å²) in [4.78, 5) is 0. The molecule has 1 aliphatic heterocycles. The highest BCUT2D eigenvalue weighted by Gasteiger charge is 2.19. The SMILES string of the molecule is Cc1c(CCN)c2cccc3c2n1CC3. The Labute approximate surface area is 89.7 Å².